The molecule has 1 heterocycles. The van der Waals surface area contributed by atoms with Crippen molar-refractivity contribution in [2.45, 2.75) is 37.8 Å². The summed E-state index contributed by atoms with van der Waals surface area (Å²) in [4.78, 5) is 4.00. The molecule has 23 heavy (non-hydrogen) atoms. The summed E-state index contributed by atoms with van der Waals surface area (Å²) >= 11 is 0. The SMILES string of the molecule is CC(N)(CCCc1ccccc1)C(O)c1ccc(N)nc1.Cl.Cl. The van der Waals surface area contributed by atoms with Gasteiger partial charge in [0, 0.05) is 17.3 Å². The Morgan fingerprint density at radius 3 is 2.35 bits per heavy atom. The zero-order chi connectivity index (χ0) is 15.3. The Balaban J connectivity index is 0.00000242. The van der Waals surface area contributed by atoms with Crippen LogP contribution in [-0.4, -0.2) is 15.6 Å². The number of benzene rings is 1. The summed E-state index contributed by atoms with van der Waals surface area (Å²) in [6.45, 7) is 1.87. The smallest absolute Gasteiger partial charge is 0.123 e. The molecule has 1 aromatic heterocycles. The molecule has 0 aliphatic carbocycles. The van der Waals surface area contributed by atoms with Crippen molar-refractivity contribution in [3.8, 4) is 0 Å². The lowest BCUT2D eigenvalue weighted by molar-refractivity contribution is 0.0871. The highest BCUT2D eigenvalue weighted by atomic mass is 35.5. The minimum atomic E-state index is -0.749. The standard InChI is InChI=1S/C17H23N3O.2ClH/c1-17(19,11-5-8-13-6-3-2-4-7-13)16(21)14-9-10-15(18)20-12-14;;/h2-4,6-7,9-10,12,16,21H,5,8,11,19H2,1H3,(H2,18,20);2*1H. The highest BCUT2D eigenvalue weighted by Gasteiger charge is 2.29. The third-order valence-corrected chi connectivity index (χ3v) is 3.77. The minimum Gasteiger partial charge on any atom is -0.386 e. The molecule has 2 aromatic rings. The Bertz CT molecular complexity index is 562. The van der Waals surface area contributed by atoms with Gasteiger partial charge in [-0.3, -0.25) is 0 Å². The van der Waals surface area contributed by atoms with Crippen molar-refractivity contribution in [3.05, 3.63) is 59.8 Å². The van der Waals surface area contributed by atoms with Crippen LogP contribution in [0.15, 0.2) is 48.7 Å². The molecule has 2 rings (SSSR count). The normalized spacial score (nSPS) is 14.0. The number of halogens is 2. The van der Waals surface area contributed by atoms with Crippen LogP contribution >= 0.6 is 24.8 Å². The molecule has 5 N–H and O–H groups in total. The van der Waals surface area contributed by atoms with Crippen LogP contribution in [0, 0.1) is 0 Å². The maximum atomic E-state index is 10.4. The summed E-state index contributed by atoms with van der Waals surface area (Å²) in [5, 5.41) is 10.4. The first-order valence-electron chi connectivity index (χ1n) is 7.21. The number of anilines is 1. The lowest BCUT2D eigenvalue weighted by Gasteiger charge is -2.30. The molecule has 4 nitrogen and oxygen atoms in total. The van der Waals surface area contributed by atoms with Gasteiger partial charge in [0.2, 0.25) is 0 Å². The lowest BCUT2D eigenvalue weighted by atomic mass is 9.86. The third-order valence-electron chi connectivity index (χ3n) is 3.77. The fourth-order valence-corrected chi connectivity index (χ4v) is 2.41. The Kier molecular flexibility index (Phi) is 9.17. The molecule has 0 spiro atoms. The van der Waals surface area contributed by atoms with E-state index in [2.05, 4.69) is 17.1 Å². The highest BCUT2D eigenvalue weighted by molar-refractivity contribution is 5.85. The van der Waals surface area contributed by atoms with Gasteiger partial charge < -0.3 is 16.6 Å². The van der Waals surface area contributed by atoms with Gasteiger partial charge in [-0.05, 0) is 37.8 Å². The third kappa shape index (κ3) is 6.36. The lowest BCUT2D eigenvalue weighted by Crippen LogP contribution is -2.42. The predicted molar refractivity (Wildman–Crippen MR) is 100 cm³/mol. The van der Waals surface area contributed by atoms with E-state index in [0.29, 0.717) is 11.4 Å². The zero-order valence-corrected chi connectivity index (χ0v) is 14.8. The number of nitrogens with two attached hydrogens (primary N) is 2. The summed E-state index contributed by atoms with van der Waals surface area (Å²) in [7, 11) is 0. The first-order valence-corrected chi connectivity index (χ1v) is 7.21. The number of hydrogen-bond acceptors (Lipinski definition) is 4. The van der Waals surface area contributed by atoms with E-state index in [0.717, 1.165) is 19.3 Å². The molecular formula is C17H25Cl2N3O. The molecule has 0 radical (unpaired) electrons. The van der Waals surface area contributed by atoms with Crippen molar-refractivity contribution in [1.82, 2.24) is 4.98 Å². The van der Waals surface area contributed by atoms with Crippen LogP contribution in [0.2, 0.25) is 0 Å². The molecule has 0 aliphatic rings. The number of nitrogens with zero attached hydrogens (tertiary/aromatic N) is 1. The highest BCUT2D eigenvalue weighted by Crippen LogP contribution is 2.28. The maximum Gasteiger partial charge on any atom is 0.123 e. The fourth-order valence-electron chi connectivity index (χ4n) is 2.41. The topological polar surface area (TPSA) is 85.2 Å². The molecule has 2 atom stereocenters. The Hall–Kier alpha value is -1.33. The van der Waals surface area contributed by atoms with E-state index in [-0.39, 0.29) is 24.8 Å². The first-order chi connectivity index (χ1) is 9.99. The van der Waals surface area contributed by atoms with Gasteiger partial charge in [0.1, 0.15) is 5.82 Å². The summed E-state index contributed by atoms with van der Waals surface area (Å²) in [5.74, 6) is 0.439. The second-order valence-corrected chi connectivity index (χ2v) is 5.76. The number of aliphatic hydroxyl groups excluding tert-OH is 1. The number of aryl methyl sites for hydroxylation is 1. The van der Waals surface area contributed by atoms with Crippen LogP contribution in [0.5, 0.6) is 0 Å². The quantitative estimate of drug-likeness (QED) is 0.740. The maximum absolute atomic E-state index is 10.4. The minimum absolute atomic E-state index is 0. The fraction of sp³-hybridized carbons (Fsp3) is 0.353. The molecular weight excluding hydrogens is 333 g/mol. The number of nitrogen functional groups attached to an aromatic ring is 1. The van der Waals surface area contributed by atoms with Crippen LogP contribution in [0.3, 0.4) is 0 Å². The van der Waals surface area contributed by atoms with Gasteiger partial charge in [-0.15, -0.1) is 24.8 Å². The predicted octanol–water partition coefficient (Wildman–Crippen LogP) is 3.28. The van der Waals surface area contributed by atoms with E-state index in [1.54, 1.807) is 18.3 Å². The van der Waals surface area contributed by atoms with Gasteiger partial charge in [0.05, 0.1) is 6.10 Å². The monoisotopic (exact) mass is 357 g/mol. The molecule has 0 aliphatic heterocycles. The van der Waals surface area contributed by atoms with Gasteiger partial charge in [-0.1, -0.05) is 36.4 Å². The van der Waals surface area contributed by atoms with Crippen LogP contribution in [0.1, 0.15) is 37.0 Å². The van der Waals surface area contributed by atoms with Crippen molar-refractivity contribution in [2.24, 2.45) is 5.73 Å². The van der Waals surface area contributed by atoms with Gasteiger partial charge in [-0.25, -0.2) is 4.98 Å². The Morgan fingerprint density at radius 2 is 1.78 bits per heavy atom. The molecule has 2 unspecified atom stereocenters. The van der Waals surface area contributed by atoms with Crippen molar-refractivity contribution in [3.63, 3.8) is 0 Å². The van der Waals surface area contributed by atoms with E-state index in [9.17, 15) is 5.11 Å². The molecule has 6 heteroatoms. The molecule has 0 saturated heterocycles. The van der Waals surface area contributed by atoms with E-state index in [4.69, 9.17) is 11.5 Å². The number of rotatable bonds is 6. The molecule has 0 saturated carbocycles. The molecule has 0 fully saturated rings. The van der Waals surface area contributed by atoms with Crippen LogP contribution in [0.25, 0.3) is 0 Å². The van der Waals surface area contributed by atoms with Gasteiger partial charge >= 0.3 is 0 Å². The van der Waals surface area contributed by atoms with E-state index in [1.165, 1.54) is 5.56 Å². The van der Waals surface area contributed by atoms with E-state index < -0.39 is 11.6 Å². The van der Waals surface area contributed by atoms with E-state index >= 15 is 0 Å². The van der Waals surface area contributed by atoms with Crippen LogP contribution in [0.4, 0.5) is 5.82 Å². The largest absolute Gasteiger partial charge is 0.386 e. The van der Waals surface area contributed by atoms with Gasteiger partial charge in [-0.2, -0.15) is 0 Å². The summed E-state index contributed by atoms with van der Waals surface area (Å²) in [5.41, 5.74) is 13.1. The summed E-state index contributed by atoms with van der Waals surface area (Å²) in [6, 6.07) is 13.7. The molecule has 0 bridgehead atoms. The molecule has 0 amide bonds. The van der Waals surface area contributed by atoms with Crippen molar-refractivity contribution < 1.29 is 5.11 Å². The van der Waals surface area contributed by atoms with Crippen molar-refractivity contribution in [1.29, 1.82) is 0 Å². The summed E-state index contributed by atoms with van der Waals surface area (Å²) < 4.78 is 0. The number of aromatic nitrogens is 1. The second-order valence-electron chi connectivity index (χ2n) is 5.76. The molecule has 128 valence electrons. The van der Waals surface area contributed by atoms with Crippen molar-refractivity contribution >= 4 is 30.6 Å². The van der Waals surface area contributed by atoms with Gasteiger partial charge in [0.25, 0.3) is 0 Å². The number of aliphatic hydroxyl groups is 1. The average Bonchev–Trinajstić information content (AvgIpc) is 2.48. The number of hydrogen-bond donors (Lipinski definition) is 3. The summed E-state index contributed by atoms with van der Waals surface area (Å²) in [6.07, 6.45) is 3.45. The number of pyridine rings is 1. The van der Waals surface area contributed by atoms with Crippen LogP contribution in [-0.2, 0) is 6.42 Å². The molecule has 1 aromatic carbocycles. The van der Waals surface area contributed by atoms with Gasteiger partial charge in [0.15, 0.2) is 0 Å². The average molecular weight is 358 g/mol. The zero-order valence-electron chi connectivity index (χ0n) is 13.2. The van der Waals surface area contributed by atoms with E-state index in [1.807, 2.05) is 25.1 Å². The Morgan fingerprint density at radius 1 is 1.13 bits per heavy atom. The van der Waals surface area contributed by atoms with Crippen molar-refractivity contribution in [2.75, 3.05) is 5.73 Å². The Labute approximate surface area is 150 Å². The van der Waals surface area contributed by atoms with Crippen LogP contribution < -0.4 is 11.5 Å². The first kappa shape index (κ1) is 21.7. The second kappa shape index (κ2) is 9.73.